The van der Waals surface area contributed by atoms with Gasteiger partial charge in [-0.1, -0.05) is 72.3 Å². The van der Waals surface area contributed by atoms with Crippen molar-refractivity contribution >= 4 is 27.4 Å². The van der Waals surface area contributed by atoms with E-state index in [2.05, 4.69) is 0 Å². The number of rotatable bonds is 3. The summed E-state index contributed by atoms with van der Waals surface area (Å²) in [6.45, 7) is 1.27. The van der Waals surface area contributed by atoms with E-state index in [1.807, 2.05) is 18.2 Å². The van der Waals surface area contributed by atoms with Gasteiger partial charge in [0.05, 0.1) is 23.7 Å². The van der Waals surface area contributed by atoms with Gasteiger partial charge in [-0.05, 0) is 36.3 Å². The fourth-order valence-corrected chi connectivity index (χ4v) is 5.42. The van der Waals surface area contributed by atoms with E-state index in [-0.39, 0.29) is 30.2 Å². The Hall–Kier alpha value is -3.79. The minimum Gasteiger partial charge on any atom is -0.434 e. The molecule has 0 fully saturated rings. The van der Waals surface area contributed by atoms with Crippen molar-refractivity contribution in [2.24, 2.45) is 0 Å². The highest BCUT2D eigenvalue weighted by Crippen LogP contribution is 2.42. The third kappa shape index (κ3) is 5.96. The molecule has 1 atom stereocenters. The van der Waals surface area contributed by atoms with Gasteiger partial charge < -0.3 is 9.47 Å². The number of ether oxygens (including phenoxy) is 2. The van der Waals surface area contributed by atoms with Crippen LogP contribution in [0.4, 0.5) is 23.7 Å². The second-order valence-electron chi connectivity index (χ2n) is 8.39. The first-order valence-corrected chi connectivity index (χ1v) is 12.8. The van der Waals surface area contributed by atoms with E-state index in [0.717, 1.165) is 21.5 Å². The molecule has 3 aromatic carbocycles. The lowest BCUT2D eigenvalue weighted by atomic mass is 10.0. The van der Waals surface area contributed by atoms with Gasteiger partial charge in [-0.25, -0.2) is 13.2 Å². The van der Waals surface area contributed by atoms with Crippen LogP contribution in [0, 0.1) is 6.92 Å². The average molecular weight is 532 g/mol. The molecular formula is C27H24F3NO5S. The monoisotopic (exact) mass is 531 g/mol. The maximum absolute atomic E-state index is 14.1. The summed E-state index contributed by atoms with van der Waals surface area (Å²) in [7, 11) is -4.32. The van der Waals surface area contributed by atoms with Gasteiger partial charge in [0.25, 0.3) is 10.0 Å². The normalized spacial score (nSPS) is 18.8. The highest BCUT2D eigenvalue weighted by molar-refractivity contribution is 7.92. The Bertz CT molecular complexity index is 1390. The molecule has 0 radical (unpaired) electrons. The number of fused-ring (bicyclic) bond motifs is 1. The molecule has 1 aliphatic rings. The minimum absolute atomic E-state index is 0.0847. The second kappa shape index (κ2) is 10.7. The smallest absolute Gasteiger partial charge is 0.434 e. The van der Waals surface area contributed by atoms with Gasteiger partial charge >= 0.3 is 12.3 Å². The van der Waals surface area contributed by atoms with E-state index in [0.29, 0.717) is 5.57 Å². The van der Waals surface area contributed by atoms with Crippen molar-refractivity contribution in [2.75, 3.05) is 17.5 Å². The molecule has 3 aromatic rings. The van der Waals surface area contributed by atoms with Crippen molar-refractivity contribution in [3.63, 3.8) is 0 Å². The van der Waals surface area contributed by atoms with E-state index in [1.54, 1.807) is 37.3 Å². The van der Waals surface area contributed by atoms with Crippen LogP contribution in [0.2, 0.25) is 0 Å². The standard InChI is InChI=1S/C27H24F3NO5S/c1-19-11-13-22(14-12-19)37(33,34)31-17-15-21(20-7-3-2-4-8-20)16-18-35-26(32)36-25(27(28,29)30)23-9-5-6-10-24(23)31/h2-15,25H,16-18H2,1H3/b21-15+/t25-/m1/s1. The van der Waals surface area contributed by atoms with Crippen molar-refractivity contribution in [3.05, 3.63) is 102 Å². The fourth-order valence-electron chi connectivity index (χ4n) is 3.99. The number of carbonyl (C=O) groups excluding carboxylic acids is 1. The Morgan fingerprint density at radius 2 is 1.57 bits per heavy atom. The predicted octanol–water partition coefficient (Wildman–Crippen LogP) is 6.43. The molecule has 0 saturated heterocycles. The number of aryl methyl sites for hydroxylation is 1. The zero-order valence-corrected chi connectivity index (χ0v) is 20.6. The molecule has 0 aromatic heterocycles. The highest BCUT2D eigenvalue weighted by Gasteiger charge is 2.47. The number of benzene rings is 3. The molecule has 0 aliphatic carbocycles. The van der Waals surface area contributed by atoms with E-state index in [9.17, 15) is 26.4 Å². The third-order valence-corrected chi connectivity index (χ3v) is 7.64. The lowest BCUT2D eigenvalue weighted by Crippen LogP contribution is -2.35. The summed E-state index contributed by atoms with van der Waals surface area (Å²) in [5.74, 6) is 0. The Morgan fingerprint density at radius 3 is 2.24 bits per heavy atom. The summed E-state index contributed by atoms with van der Waals surface area (Å²) in [5.41, 5.74) is 1.44. The first kappa shape index (κ1) is 26.3. The average Bonchev–Trinajstić information content (AvgIpc) is 2.86. The molecule has 1 aliphatic heterocycles. The van der Waals surface area contributed by atoms with Crippen molar-refractivity contribution < 1.29 is 35.9 Å². The molecule has 0 spiro atoms. The number of cyclic esters (lactones) is 2. The van der Waals surface area contributed by atoms with Gasteiger partial charge in [0.2, 0.25) is 6.10 Å². The number of hydrogen-bond donors (Lipinski definition) is 0. The minimum atomic E-state index is -5.02. The number of alkyl halides is 3. The van der Waals surface area contributed by atoms with E-state index in [4.69, 9.17) is 9.47 Å². The molecule has 0 bridgehead atoms. The summed E-state index contributed by atoms with van der Waals surface area (Å²) in [5, 5.41) is 0. The predicted molar refractivity (Wildman–Crippen MR) is 132 cm³/mol. The quantitative estimate of drug-likeness (QED) is 0.364. The lowest BCUT2D eigenvalue weighted by Gasteiger charge is -2.30. The van der Waals surface area contributed by atoms with Gasteiger partial charge in [0, 0.05) is 12.0 Å². The van der Waals surface area contributed by atoms with Gasteiger partial charge in [0.15, 0.2) is 0 Å². The van der Waals surface area contributed by atoms with Crippen LogP contribution in [0.1, 0.15) is 29.2 Å². The van der Waals surface area contributed by atoms with Crippen molar-refractivity contribution in [2.45, 2.75) is 30.5 Å². The largest absolute Gasteiger partial charge is 0.509 e. The molecule has 4 rings (SSSR count). The SMILES string of the molecule is Cc1ccc(S(=O)(=O)N2C/C=C(/c3ccccc3)CCOC(=O)O[C@@H](C(F)(F)F)c3ccccc32)cc1. The molecule has 0 saturated carbocycles. The Labute approximate surface area is 213 Å². The van der Waals surface area contributed by atoms with Crippen molar-refractivity contribution in [1.82, 2.24) is 0 Å². The molecule has 37 heavy (non-hydrogen) atoms. The highest BCUT2D eigenvalue weighted by atomic mass is 32.2. The molecule has 0 unspecified atom stereocenters. The number of carbonyl (C=O) groups is 1. The van der Waals surface area contributed by atoms with Crippen molar-refractivity contribution in [1.29, 1.82) is 0 Å². The first-order valence-electron chi connectivity index (χ1n) is 11.4. The van der Waals surface area contributed by atoms with Crippen molar-refractivity contribution in [3.8, 4) is 0 Å². The zero-order chi connectivity index (χ0) is 26.6. The molecule has 6 nitrogen and oxygen atoms in total. The topological polar surface area (TPSA) is 72.9 Å². The second-order valence-corrected chi connectivity index (χ2v) is 10.3. The maximum Gasteiger partial charge on any atom is 0.509 e. The van der Waals surface area contributed by atoms with Crippen LogP contribution in [0.25, 0.3) is 5.57 Å². The van der Waals surface area contributed by atoms with E-state index in [1.165, 1.54) is 30.3 Å². The summed E-state index contributed by atoms with van der Waals surface area (Å²) in [6, 6.07) is 20.1. The number of sulfonamides is 1. The molecule has 10 heteroatoms. The zero-order valence-electron chi connectivity index (χ0n) is 19.8. The van der Waals surface area contributed by atoms with Gasteiger partial charge in [-0.2, -0.15) is 13.2 Å². The van der Waals surface area contributed by atoms with Crippen LogP contribution in [-0.2, 0) is 19.5 Å². The summed E-state index contributed by atoms with van der Waals surface area (Å²) in [4.78, 5) is 12.2. The first-order chi connectivity index (χ1) is 17.6. The molecule has 0 N–H and O–H groups in total. The van der Waals surface area contributed by atoms with E-state index < -0.39 is 34.0 Å². The van der Waals surface area contributed by atoms with Crippen LogP contribution < -0.4 is 4.31 Å². The summed E-state index contributed by atoms with van der Waals surface area (Å²) in [6.07, 6.45) is -7.50. The summed E-state index contributed by atoms with van der Waals surface area (Å²) < 4.78 is 80.5. The van der Waals surface area contributed by atoms with Crippen LogP contribution in [0.5, 0.6) is 0 Å². The van der Waals surface area contributed by atoms with Crippen LogP contribution in [0.15, 0.2) is 89.8 Å². The lowest BCUT2D eigenvalue weighted by molar-refractivity contribution is -0.211. The molecular weight excluding hydrogens is 507 g/mol. The third-order valence-electron chi connectivity index (χ3n) is 5.85. The number of nitrogens with zero attached hydrogens (tertiary/aromatic N) is 1. The van der Waals surface area contributed by atoms with Gasteiger partial charge in [-0.15, -0.1) is 0 Å². The number of hydrogen-bond acceptors (Lipinski definition) is 5. The Kier molecular flexibility index (Phi) is 7.58. The van der Waals surface area contributed by atoms with Gasteiger partial charge in [-0.3, -0.25) is 4.31 Å². The van der Waals surface area contributed by atoms with E-state index >= 15 is 0 Å². The van der Waals surface area contributed by atoms with Crippen LogP contribution in [-0.4, -0.2) is 33.9 Å². The molecule has 194 valence electrons. The van der Waals surface area contributed by atoms with Gasteiger partial charge in [0.1, 0.15) is 0 Å². The van der Waals surface area contributed by atoms with Crippen LogP contribution >= 0.6 is 0 Å². The number of anilines is 1. The fraction of sp³-hybridized carbons (Fsp3) is 0.222. The van der Waals surface area contributed by atoms with Crippen LogP contribution in [0.3, 0.4) is 0 Å². The Morgan fingerprint density at radius 1 is 0.919 bits per heavy atom. The maximum atomic E-state index is 14.1. The Balaban J connectivity index is 1.93. The molecule has 1 heterocycles. The summed E-state index contributed by atoms with van der Waals surface area (Å²) >= 11 is 0. The number of halogens is 3. The molecule has 0 amide bonds. The number of para-hydroxylation sites is 1.